The van der Waals surface area contributed by atoms with Crippen LogP contribution in [0.4, 0.5) is 5.69 Å². The molecular weight excluding hydrogens is 286 g/mol. The van der Waals surface area contributed by atoms with Gasteiger partial charge >= 0.3 is 0 Å². The van der Waals surface area contributed by atoms with E-state index in [4.69, 9.17) is 19.8 Å². The molecule has 2 rings (SSSR count). The zero-order chi connectivity index (χ0) is 15.6. The van der Waals surface area contributed by atoms with Crippen LogP contribution in [0.15, 0.2) is 24.3 Å². The molecule has 0 saturated carbocycles. The van der Waals surface area contributed by atoms with Crippen LogP contribution >= 0.6 is 0 Å². The Labute approximate surface area is 119 Å². The van der Waals surface area contributed by atoms with Crippen LogP contribution in [0.5, 0.6) is 5.75 Å². The highest BCUT2D eigenvalue weighted by molar-refractivity contribution is 5.56. The molecule has 1 aliphatic heterocycles. The number of anilines is 1. The Balaban J connectivity index is 2.19. The molecule has 118 valence electrons. The molecule has 21 heavy (non-hydrogen) atoms. The van der Waals surface area contributed by atoms with Crippen LogP contribution in [-0.2, 0) is 4.74 Å². The Bertz CT molecular complexity index is 468. The molecular formula is C12H16NO8-. The van der Waals surface area contributed by atoms with Gasteiger partial charge in [-0.05, 0) is 12.1 Å². The van der Waals surface area contributed by atoms with Crippen molar-refractivity contribution in [2.75, 3.05) is 11.8 Å². The average Bonchev–Trinajstić information content (AvgIpc) is 2.48. The molecule has 5 atom stereocenters. The summed E-state index contributed by atoms with van der Waals surface area (Å²) in [6.07, 6.45) is -7.26. The summed E-state index contributed by atoms with van der Waals surface area (Å²) in [5, 5.41) is 57.7. The smallest absolute Gasteiger partial charge is 0.229 e. The van der Waals surface area contributed by atoms with Gasteiger partial charge in [-0.1, -0.05) is 12.1 Å². The Kier molecular flexibility index (Phi) is 4.96. The summed E-state index contributed by atoms with van der Waals surface area (Å²) in [6.45, 7) is -0.597. The summed E-state index contributed by atoms with van der Waals surface area (Å²) >= 11 is 0. The number of ether oxygens (including phenoxy) is 2. The largest absolute Gasteiger partial charge is 0.733 e. The fourth-order valence-electron chi connectivity index (χ4n) is 2.00. The predicted molar refractivity (Wildman–Crippen MR) is 68.5 cm³/mol. The number of nitrogens with zero attached hydrogens (tertiary/aromatic N) is 1. The van der Waals surface area contributed by atoms with Crippen LogP contribution in [0.1, 0.15) is 0 Å². The normalized spacial score (nSPS) is 32.8. The number of para-hydroxylation sites is 2. The number of aliphatic hydroxyl groups is 4. The molecule has 1 heterocycles. The molecule has 1 aromatic carbocycles. The summed E-state index contributed by atoms with van der Waals surface area (Å²) in [7, 11) is 0. The first-order valence-electron chi connectivity index (χ1n) is 6.18. The second kappa shape index (κ2) is 6.54. The molecule has 1 aromatic rings. The summed E-state index contributed by atoms with van der Waals surface area (Å²) in [5.74, 6) is -0.0978. The van der Waals surface area contributed by atoms with Crippen molar-refractivity contribution in [1.82, 2.24) is 0 Å². The van der Waals surface area contributed by atoms with Gasteiger partial charge in [-0.25, -0.2) is 0 Å². The molecule has 1 aliphatic rings. The van der Waals surface area contributed by atoms with Gasteiger partial charge in [0.1, 0.15) is 30.2 Å². The topological polar surface area (TPSA) is 146 Å². The fraction of sp³-hybridized carbons (Fsp3) is 0.500. The van der Waals surface area contributed by atoms with Gasteiger partial charge in [-0.2, -0.15) is 0 Å². The third-order valence-electron chi connectivity index (χ3n) is 3.16. The van der Waals surface area contributed by atoms with E-state index in [0.29, 0.717) is 0 Å². The molecule has 9 nitrogen and oxygen atoms in total. The van der Waals surface area contributed by atoms with E-state index in [1.807, 2.05) is 0 Å². The van der Waals surface area contributed by atoms with Crippen molar-refractivity contribution in [1.29, 1.82) is 0 Å². The second-order valence-electron chi connectivity index (χ2n) is 4.56. The van der Waals surface area contributed by atoms with E-state index >= 15 is 0 Å². The minimum atomic E-state index is -1.60. The van der Waals surface area contributed by atoms with Crippen LogP contribution in [0, 0.1) is 5.21 Å². The van der Waals surface area contributed by atoms with E-state index in [1.165, 1.54) is 24.3 Å². The van der Waals surface area contributed by atoms with Crippen LogP contribution in [0.2, 0.25) is 0 Å². The summed E-state index contributed by atoms with van der Waals surface area (Å²) in [4.78, 5) is 0. The molecule has 9 heteroatoms. The van der Waals surface area contributed by atoms with E-state index in [1.54, 1.807) is 0 Å². The summed E-state index contributed by atoms with van der Waals surface area (Å²) < 4.78 is 10.4. The van der Waals surface area contributed by atoms with Gasteiger partial charge in [0, 0.05) is 0 Å². The quantitative estimate of drug-likeness (QED) is 0.422. The van der Waals surface area contributed by atoms with E-state index < -0.39 is 42.5 Å². The SMILES string of the molecule is [O-]N(O)c1ccccc1O[C@@H]1OC(CO)[C@H](O)[C@@H](O)C1O. The highest BCUT2D eigenvalue weighted by atomic mass is 16.8. The minimum absolute atomic E-state index is 0.0978. The highest BCUT2D eigenvalue weighted by Gasteiger charge is 2.44. The van der Waals surface area contributed by atoms with E-state index in [9.17, 15) is 20.5 Å². The lowest BCUT2D eigenvalue weighted by molar-refractivity contribution is -0.277. The third kappa shape index (κ3) is 3.24. The van der Waals surface area contributed by atoms with Crippen molar-refractivity contribution < 1.29 is 35.1 Å². The van der Waals surface area contributed by atoms with Gasteiger partial charge in [0.2, 0.25) is 6.29 Å². The molecule has 5 N–H and O–H groups in total. The lowest BCUT2D eigenvalue weighted by Gasteiger charge is -2.40. The van der Waals surface area contributed by atoms with Crippen LogP contribution in [-0.4, -0.2) is 62.9 Å². The summed E-state index contributed by atoms with van der Waals surface area (Å²) in [5.41, 5.74) is -0.227. The zero-order valence-corrected chi connectivity index (χ0v) is 10.8. The number of aliphatic hydroxyl groups excluding tert-OH is 4. The van der Waals surface area contributed by atoms with Crippen molar-refractivity contribution in [2.24, 2.45) is 0 Å². The molecule has 0 aromatic heterocycles. The van der Waals surface area contributed by atoms with E-state index in [-0.39, 0.29) is 11.4 Å². The monoisotopic (exact) mass is 302 g/mol. The molecule has 0 bridgehead atoms. The summed E-state index contributed by atoms with van der Waals surface area (Å²) in [6, 6.07) is 5.62. The van der Waals surface area contributed by atoms with Crippen molar-refractivity contribution >= 4 is 5.69 Å². The van der Waals surface area contributed by atoms with Gasteiger partial charge in [0.05, 0.1) is 12.3 Å². The van der Waals surface area contributed by atoms with Gasteiger partial charge in [0.25, 0.3) is 0 Å². The minimum Gasteiger partial charge on any atom is -0.733 e. The van der Waals surface area contributed by atoms with Gasteiger partial charge in [0.15, 0.2) is 0 Å². The van der Waals surface area contributed by atoms with Crippen LogP contribution in [0.3, 0.4) is 0 Å². The molecule has 0 radical (unpaired) electrons. The maximum Gasteiger partial charge on any atom is 0.229 e. The molecule has 0 spiro atoms. The highest BCUT2D eigenvalue weighted by Crippen LogP contribution is 2.30. The van der Waals surface area contributed by atoms with Crippen LogP contribution in [0.25, 0.3) is 0 Å². The Morgan fingerprint density at radius 1 is 1.14 bits per heavy atom. The first-order valence-corrected chi connectivity index (χ1v) is 6.18. The van der Waals surface area contributed by atoms with Crippen molar-refractivity contribution in [3.63, 3.8) is 0 Å². The van der Waals surface area contributed by atoms with Crippen molar-refractivity contribution in [2.45, 2.75) is 30.7 Å². The molecule has 1 fully saturated rings. The van der Waals surface area contributed by atoms with Crippen molar-refractivity contribution in [3.05, 3.63) is 29.5 Å². The average molecular weight is 302 g/mol. The van der Waals surface area contributed by atoms with E-state index in [0.717, 1.165) is 0 Å². The first-order chi connectivity index (χ1) is 9.95. The van der Waals surface area contributed by atoms with Gasteiger partial charge in [-0.3, -0.25) is 5.21 Å². The number of benzene rings is 1. The molecule has 0 amide bonds. The number of rotatable bonds is 4. The van der Waals surface area contributed by atoms with E-state index in [2.05, 4.69) is 0 Å². The molecule has 0 aliphatic carbocycles. The standard InChI is InChI=1S/C12H16NO8/c14-5-8-9(15)10(16)11(17)12(21-8)20-7-4-2-1-3-6(7)13(18)19/h1-4,8-12,14-18H,5H2/q-1/t8?,9-,10+,11?,12+/m0/s1. The lowest BCUT2D eigenvalue weighted by atomic mass is 9.99. The second-order valence-corrected chi connectivity index (χ2v) is 4.56. The van der Waals surface area contributed by atoms with Gasteiger partial charge in [-0.15, -0.1) is 0 Å². The zero-order valence-electron chi connectivity index (χ0n) is 10.8. The Hall–Kier alpha value is -1.46. The first kappa shape index (κ1) is 15.9. The van der Waals surface area contributed by atoms with Crippen LogP contribution < -0.4 is 9.96 Å². The Morgan fingerprint density at radius 2 is 1.81 bits per heavy atom. The number of hydrogen-bond donors (Lipinski definition) is 5. The third-order valence-corrected chi connectivity index (χ3v) is 3.16. The van der Waals surface area contributed by atoms with Crippen molar-refractivity contribution in [3.8, 4) is 5.75 Å². The number of hydrogen-bond acceptors (Lipinski definition) is 9. The predicted octanol–water partition coefficient (Wildman–Crippen LogP) is -1.44. The Morgan fingerprint density at radius 3 is 2.43 bits per heavy atom. The van der Waals surface area contributed by atoms with Gasteiger partial charge < -0.3 is 40.3 Å². The fourth-order valence-corrected chi connectivity index (χ4v) is 2.00. The maximum atomic E-state index is 11.0. The lowest BCUT2D eigenvalue weighted by Crippen LogP contribution is -2.60. The molecule has 1 saturated heterocycles. The molecule has 2 unspecified atom stereocenters. The maximum absolute atomic E-state index is 11.0.